The number of carbonyl (C=O) groups excluding carboxylic acids is 1. The van der Waals surface area contributed by atoms with Crippen molar-refractivity contribution in [2.24, 2.45) is 5.92 Å². The first kappa shape index (κ1) is 15.8. The molecule has 0 aromatic carbocycles. The molecule has 19 heavy (non-hydrogen) atoms. The van der Waals surface area contributed by atoms with E-state index in [9.17, 15) is 14.7 Å². The summed E-state index contributed by atoms with van der Waals surface area (Å²) < 4.78 is 0. The van der Waals surface area contributed by atoms with Crippen LogP contribution in [0.15, 0.2) is 0 Å². The van der Waals surface area contributed by atoms with Crippen LogP contribution in [0.2, 0.25) is 0 Å². The highest BCUT2D eigenvalue weighted by Crippen LogP contribution is 2.22. The third-order valence-corrected chi connectivity index (χ3v) is 3.87. The van der Waals surface area contributed by atoms with Crippen LogP contribution in [0.5, 0.6) is 0 Å². The molecule has 2 amide bonds. The number of carboxylic acids is 1. The van der Waals surface area contributed by atoms with Gasteiger partial charge in [0.15, 0.2) is 0 Å². The molecule has 110 valence electrons. The van der Waals surface area contributed by atoms with Gasteiger partial charge in [-0.25, -0.2) is 9.59 Å². The van der Waals surface area contributed by atoms with Gasteiger partial charge >= 0.3 is 12.0 Å². The van der Waals surface area contributed by atoms with Gasteiger partial charge in [-0.2, -0.15) is 0 Å². The second-order valence-corrected chi connectivity index (χ2v) is 5.71. The summed E-state index contributed by atoms with van der Waals surface area (Å²) in [5.74, 6) is -0.398. The summed E-state index contributed by atoms with van der Waals surface area (Å²) in [6.07, 6.45) is 4.46. The van der Waals surface area contributed by atoms with Crippen molar-refractivity contribution in [1.82, 2.24) is 10.2 Å². The first-order chi connectivity index (χ1) is 8.92. The number of urea groups is 1. The number of amides is 2. The van der Waals surface area contributed by atoms with Crippen LogP contribution in [0, 0.1) is 5.92 Å². The number of nitrogens with one attached hydrogen (secondary N) is 1. The van der Waals surface area contributed by atoms with E-state index < -0.39 is 11.5 Å². The number of likely N-dealkylation sites (tertiary alicyclic amines) is 1. The fraction of sp³-hybridized carbons (Fsp3) is 0.857. The number of carbonyl (C=O) groups is 2. The highest BCUT2D eigenvalue weighted by molar-refractivity contribution is 5.86. The van der Waals surface area contributed by atoms with Gasteiger partial charge in [0, 0.05) is 13.1 Å². The fourth-order valence-electron chi connectivity index (χ4n) is 2.70. The molecule has 5 heteroatoms. The summed E-state index contributed by atoms with van der Waals surface area (Å²) in [5, 5.41) is 11.9. The molecule has 1 saturated heterocycles. The zero-order valence-electron chi connectivity index (χ0n) is 12.2. The highest BCUT2D eigenvalue weighted by atomic mass is 16.4. The fourth-order valence-corrected chi connectivity index (χ4v) is 2.70. The SMILES string of the molecule is CCCC1CCN(C(=O)NC(C)(CCC)C(=O)O)C1. The molecule has 1 heterocycles. The monoisotopic (exact) mass is 270 g/mol. The van der Waals surface area contributed by atoms with Gasteiger partial charge in [0.05, 0.1) is 0 Å². The van der Waals surface area contributed by atoms with E-state index in [1.165, 1.54) is 0 Å². The molecule has 1 fully saturated rings. The van der Waals surface area contributed by atoms with Gasteiger partial charge in [-0.3, -0.25) is 0 Å². The van der Waals surface area contributed by atoms with Crippen molar-refractivity contribution in [2.75, 3.05) is 13.1 Å². The molecule has 0 aromatic rings. The van der Waals surface area contributed by atoms with Crippen molar-refractivity contribution < 1.29 is 14.7 Å². The predicted molar refractivity (Wildman–Crippen MR) is 74.1 cm³/mol. The zero-order chi connectivity index (χ0) is 14.5. The Morgan fingerprint density at radius 2 is 2.05 bits per heavy atom. The number of nitrogens with zero attached hydrogens (tertiary/aromatic N) is 1. The first-order valence-corrected chi connectivity index (χ1v) is 7.23. The molecule has 1 aliphatic rings. The Balaban J connectivity index is 2.56. The van der Waals surface area contributed by atoms with E-state index in [1.54, 1.807) is 11.8 Å². The molecular formula is C14H26N2O3. The Morgan fingerprint density at radius 3 is 2.58 bits per heavy atom. The summed E-state index contributed by atoms with van der Waals surface area (Å²) in [6, 6.07) is -0.239. The average Bonchev–Trinajstić information content (AvgIpc) is 2.78. The average molecular weight is 270 g/mol. The van der Waals surface area contributed by atoms with E-state index in [-0.39, 0.29) is 6.03 Å². The lowest BCUT2D eigenvalue weighted by Crippen LogP contribution is -2.55. The Kier molecular flexibility index (Phi) is 5.63. The summed E-state index contributed by atoms with van der Waals surface area (Å²) in [4.78, 5) is 25.2. The van der Waals surface area contributed by atoms with Crippen molar-refractivity contribution in [3.8, 4) is 0 Å². The van der Waals surface area contributed by atoms with Crippen LogP contribution in [-0.2, 0) is 4.79 Å². The Labute approximate surface area is 115 Å². The summed E-state index contributed by atoms with van der Waals surface area (Å²) in [5.41, 5.74) is -1.16. The summed E-state index contributed by atoms with van der Waals surface area (Å²) >= 11 is 0. The first-order valence-electron chi connectivity index (χ1n) is 7.23. The van der Waals surface area contributed by atoms with Crippen LogP contribution >= 0.6 is 0 Å². The van der Waals surface area contributed by atoms with Gasteiger partial charge in [-0.15, -0.1) is 0 Å². The van der Waals surface area contributed by atoms with Crippen LogP contribution in [0.25, 0.3) is 0 Å². The maximum Gasteiger partial charge on any atom is 0.329 e. The molecule has 5 nitrogen and oxygen atoms in total. The molecule has 1 rings (SSSR count). The number of aliphatic carboxylic acids is 1. The third kappa shape index (κ3) is 4.11. The summed E-state index contributed by atoms with van der Waals surface area (Å²) in [7, 11) is 0. The predicted octanol–water partition coefficient (Wildman–Crippen LogP) is 2.46. The van der Waals surface area contributed by atoms with E-state index in [1.807, 2.05) is 6.92 Å². The molecule has 0 bridgehead atoms. The van der Waals surface area contributed by atoms with Crippen LogP contribution < -0.4 is 5.32 Å². The molecule has 1 aliphatic heterocycles. The Hall–Kier alpha value is -1.26. The maximum atomic E-state index is 12.1. The zero-order valence-corrected chi connectivity index (χ0v) is 12.2. The van der Waals surface area contributed by atoms with Crippen LogP contribution in [0.1, 0.15) is 52.9 Å². The van der Waals surface area contributed by atoms with Crippen molar-refractivity contribution in [2.45, 2.75) is 58.4 Å². The number of carboxylic acid groups (broad SMARTS) is 1. The highest BCUT2D eigenvalue weighted by Gasteiger charge is 2.36. The standard InChI is InChI=1S/C14H26N2O3/c1-4-6-11-7-9-16(10-11)13(19)15-14(3,8-5-2)12(17)18/h11H,4-10H2,1-3H3,(H,15,19)(H,17,18). The van der Waals surface area contributed by atoms with Gasteiger partial charge in [-0.1, -0.05) is 26.7 Å². The normalized spacial score (nSPS) is 22.1. The molecule has 2 unspecified atom stereocenters. The van der Waals surface area contributed by atoms with Crippen molar-refractivity contribution in [3.63, 3.8) is 0 Å². The lowest BCUT2D eigenvalue weighted by molar-refractivity contribution is -0.144. The quantitative estimate of drug-likeness (QED) is 0.779. The van der Waals surface area contributed by atoms with Crippen molar-refractivity contribution >= 4 is 12.0 Å². The van der Waals surface area contributed by atoms with Gasteiger partial charge in [-0.05, 0) is 32.1 Å². The Bertz CT molecular complexity index is 333. The lowest BCUT2D eigenvalue weighted by Gasteiger charge is -2.28. The minimum absolute atomic E-state index is 0.239. The van der Waals surface area contributed by atoms with Crippen LogP contribution in [0.4, 0.5) is 4.79 Å². The largest absolute Gasteiger partial charge is 0.480 e. The van der Waals surface area contributed by atoms with Gasteiger partial charge in [0.2, 0.25) is 0 Å². The molecule has 0 aliphatic carbocycles. The molecule has 2 atom stereocenters. The number of rotatable bonds is 6. The number of hydrogen-bond donors (Lipinski definition) is 2. The van der Waals surface area contributed by atoms with Crippen LogP contribution in [0.3, 0.4) is 0 Å². The topological polar surface area (TPSA) is 69.6 Å². The second kappa shape index (κ2) is 6.78. The van der Waals surface area contributed by atoms with E-state index in [2.05, 4.69) is 12.2 Å². The number of hydrogen-bond acceptors (Lipinski definition) is 2. The van der Waals surface area contributed by atoms with E-state index in [0.717, 1.165) is 38.8 Å². The van der Waals surface area contributed by atoms with Gasteiger partial charge in [0.1, 0.15) is 5.54 Å². The third-order valence-electron chi connectivity index (χ3n) is 3.87. The minimum Gasteiger partial charge on any atom is -0.480 e. The van der Waals surface area contributed by atoms with Crippen molar-refractivity contribution in [3.05, 3.63) is 0 Å². The van der Waals surface area contributed by atoms with E-state index in [4.69, 9.17) is 0 Å². The van der Waals surface area contributed by atoms with E-state index >= 15 is 0 Å². The minimum atomic E-state index is -1.16. The van der Waals surface area contributed by atoms with Crippen molar-refractivity contribution in [1.29, 1.82) is 0 Å². The lowest BCUT2D eigenvalue weighted by atomic mass is 9.96. The molecule has 2 N–H and O–H groups in total. The molecule has 0 radical (unpaired) electrons. The van der Waals surface area contributed by atoms with Gasteiger partial charge < -0.3 is 15.3 Å². The van der Waals surface area contributed by atoms with Crippen LogP contribution in [-0.4, -0.2) is 40.6 Å². The summed E-state index contributed by atoms with van der Waals surface area (Å²) in [6.45, 7) is 7.13. The second-order valence-electron chi connectivity index (χ2n) is 5.71. The maximum absolute atomic E-state index is 12.1. The molecule has 0 saturated carbocycles. The van der Waals surface area contributed by atoms with Gasteiger partial charge in [0.25, 0.3) is 0 Å². The molecule has 0 spiro atoms. The Morgan fingerprint density at radius 1 is 1.37 bits per heavy atom. The molecular weight excluding hydrogens is 244 g/mol. The molecule has 0 aromatic heterocycles. The van der Waals surface area contributed by atoms with E-state index in [0.29, 0.717) is 12.3 Å². The smallest absolute Gasteiger partial charge is 0.329 e.